The lowest BCUT2D eigenvalue weighted by molar-refractivity contribution is -0.125. The van der Waals surface area contributed by atoms with Crippen LogP contribution in [0.25, 0.3) is 0 Å². The second-order valence-electron chi connectivity index (χ2n) is 7.79. The molecule has 1 amide bonds. The van der Waals surface area contributed by atoms with E-state index in [-0.39, 0.29) is 18.6 Å². The monoisotopic (exact) mass is 394 g/mol. The molecule has 1 saturated heterocycles. The Bertz CT molecular complexity index is 635. The Balaban J connectivity index is 1.38. The minimum Gasteiger partial charge on any atom is -0.451 e. The number of nitrogens with zero attached hydrogens (tertiary/aromatic N) is 1. The number of carbonyl (C=O) groups excluding carboxylic acids is 2. The highest BCUT2D eigenvalue weighted by Crippen LogP contribution is 2.29. The first-order valence-electron chi connectivity index (χ1n) is 9.90. The summed E-state index contributed by atoms with van der Waals surface area (Å²) in [6.45, 7) is 8.07. The summed E-state index contributed by atoms with van der Waals surface area (Å²) in [6.07, 6.45) is 4.43. The maximum Gasteiger partial charge on any atom is 0.348 e. The molecular weight excluding hydrogens is 364 g/mol. The Kier molecular flexibility index (Phi) is 7.26. The molecule has 150 valence electrons. The van der Waals surface area contributed by atoms with E-state index in [9.17, 15) is 9.59 Å². The third-order valence-electron chi connectivity index (χ3n) is 4.91. The van der Waals surface area contributed by atoms with Crippen molar-refractivity contribution >= 4 is 23.2 Å². The van der Waals surface area contributed by atoms with Crippen molar-refractivity contribution in [3.63, 3.8) is 0 Å². The maximum atomic E-state index is 12.2. The average Bonchev–Trinajstić information content (AvgIpc) is 3.08. The lowest BCUT2D eigenvalue weighted by Crippen LogP contribution is -2.48. The molecule has 0 aromatic carbocycles. The van der Waals surface area contributed by atoms with Crippen LogP contribution in [0.5, 0.6) is 0 Å². The molecule has 1 aliphatic heterocycles. The number of nitrogens with one attached hydrogen (secondary N) is 1. The third kappa shape index (κ3) is 6.02. The fourth-order valence-electron chi connectivity index (χ4n) is 3.66. The van der Waals surface area contributed by atoms with Crippen LogP contribution in [-0.4, -0.2) is 62.3 Å². The standard InChI is InChI=1S/C20H30N2O4S/c1-14(2)11-22-7-8-25-16(12-22)10-21-19(23)13-26-20(24)18-9-15-5-3-4-6-17(15)27-18/h9,14,16H,3-8,10-13H2,1-2H3,(H,21,23)/t16-/m0/s1. The van der Waals surface area contributed by atoms with E-state index in [4.69, 9.17) is 9.47 Å². The number of carbonyl (C=O) groups is 2. The van der Waals surface area contributed by atoms with Gasteiger partial charge in [0.05, 0.1) is 12.7 Å². The number of hydrogen-bond acceptors (Lipinski definition) is 6. The molecule has 6 nitrogen and oxygen atoms in total. The molecule has 2 aliphatic rings. The zero-order valence-electron chi connectivity index (χ0n) is 16.3. The van der Waals surface area contributed by atoms with Crippen LogP contribution < -0.4 is 5.32 Å². The van der Waals surface area contributed by atoms with Crippen LogP contribution >= 0.6 is 11.3 Å². The predicted molar refractivity (Wildman–Crippen MR) is 105 cm³/mol. The van der Waals surface area contributed by atoms with E-state index in [2.05, 4.69) is 24.1 Å². The molecule has 1 aromatic heterocycles. The smallest absolute Gasteiger partial charge is 0.348 e. The molecule has 0 unspecified atom stereocenters. The minimum atomic E-state index is -0.401. The highest BCUT2D eigenvalue weighted by atomic mass is 32.1. The Morgan fingerprint density at radius 3 is 2.96 bits per heavy atom. The van der Waals surface area contributed by atoms with E-state index in [0.717, 1.165) is 32.5 Å². The van der Waals surface area contributed by atoms with E-state index < -0.39 is 5.97 Å². The first-order chi connectivity index (χ1) is 13.0. The normalized spacial score (nSPS) is 20.3. The summed E-state index contributed by atoms with van der Waals surface area (Å²) in [6, 6.07) is 1.93. The summed E-state index contributed by atoms with van der Waals surface area (Å²) >= 11 is 1.50. The van der Waals surface area contributed by atoms with Gasteiger partial charge in [0.1, 0.15) is 4.88 Å². The van der Waals surface area contributed by atoms with Crippen molar-refractivity contribution in [1.82, 2.24) is 10.2 Å². The molecule has 7 heteroatoms. The zero-order valence-corrected chi connectivity index (χ0v) is 17.1. The quantitative estimate of drug-likeness (QED) is 0.719. The first kappa shape index (κ1) is 20.3. The minimum absolute atomic E-state index is 0.0128. The molecule has 0 saturated carbocycles. The molecule has 3 rings (SSSR count). The molecule has 1 atom stereocenters. The Morgan fingerprint density at radius 2 is 2.19 bits per heavy atom. The van der Waals surface area contributed by atoms with Crippen LogP contribution in [0.3, 0.4) is 0 Å². The van der Waals surface area contributed by atoms with Crippen molar-refractivity contribution in [3.8, 4) is 0 Å². The fraction of sp³-hybridized carbons (Fsp3) is 0.700. The fourth-order valence-corrected chi connectivity index (χ4v) is 4.81. The number of fused-ring (bicyclic) bond motifs is 1. The van der Waals surface area contributed by atoms with Gasteiger partial charge in [0.15, 0.2) is 6.61 Å². The summed E-state index contributed by atoms with van der Waals surface area (Å²) in [5.74, 6) is -0.0727. The lowest BCUT2D eigenvalue weighted by Gasteiger charge is -2.33. The van der Waals surface area contributed by atoms with Gasteiger partial charge in [-0.15, -0.1) is 11.3 Å². The molecule has 1 aromatic rings. The number of rotatable bonds is 7. The van der Waals surface area contributed by atoms with Gasteiger partial charge in [-0.1, -0.05) is 13.8 Å². The second kappa shape index (κ2) is 9.66. The predicted octanol–water partition coefficient (Wildman–Crippen LogP) is 2.26. The first-order valence-corrected chi connectivity index (χ1v) is 10.7. The van der Waals surface area contributed by atoms with E-state index in [0.29, 0.717) is 23.9 Å². The largest absolute Gasteiger partial charge is 0.451 e. The number of hydrogen-bond donors (Lipinski definition) is 1. The van der Waals surface area contributed by atoms with E-state index >= 15 is 0 Å². The summed E-state index contributed by atoms with van der Waals surface area (Å²) in [5, 5.41) is 2.82. The molecular formula is C20H30N2O4S. The van der Waals surface area contributed by atoms with Crippen LogP contribution in [0.2, 0.25) is 0 Å². The Labute approximate surface area is 165 Å². The molecule has 0 bridgehead atoms. The van der Waals surface area contributed by atoms with Crippen molar-refractivity contribution in [2.75, 3.05) is 39.4 Å². The summed E-state index contributed by atoms with van der Waals surface area (Å²) < 4.78 is 10.9. The molecule has 0 radical (unpaired) electrons. The molecule has 1 N–H and O–H groups in total. The lowest BCUT2D eigenvalue weighted by atomic mass is 9.99. The van der Waals surface area contributed by atoms with E-state index in [1.54, 1.807) is 0 Å². The topological polar surface area (TPSA) is 67.9 Å². The molecule has 2 heterocycles. The third-order valence-corrected chi connectivity index (χ3v) is 6.12. The Hall–Kier alpha value is -1.44. The number of amides is 1. The number of thiophene rings is 1. The van der Waals surface area contributed by atoms with Crippen LogP contribution in [0.15, 0.2) is 6.07 Å². The van der Waals surface area contributed by atoms with Crippen LogP contribution in [0.4, 0.5) is 0 Å². The van der Waals surface area contributed by atoms with Crippen molar-refractivity contribution in [2.45, 2.75) is 45.6 Å². The average molecular weight is 395 g/mol. The van der Waals surface area contributed by atoms with Gasteiger partial charge in [-0.25, -0.2) is 4.79 Å². The van der Waals surface area contributed by atoms with Crippen LogP contribution in [-0.2, 0) is 27.1 Å². The van der Waals surface area contributed by atoms with Crippen molar-refractivity contribution in [2.24, 2.45) is 5.92 Å². The van der Waals surface area contributed by atoms with E-state index in [1.807, 2.05) is 6.07 Å². The van der Waals surface area contributed by atoms with E-state index in [1.165, 1.54) is 34.6 Å². The van der Waals surface area contributed by atoms with Crippen molar-refractivity contribution < 1.29 is 19.1 Å². The second-order valence-corrected chi connectivity index (χ2v) is 8.93. The van der Waals surface area contributed by atoms with Gasteiger partial charge < -0.3 is 14.8 Å². The number of esters is 1. The molecule has 27 heavy (non-hydrogen) atoms. The highest BCUT2D eigenvalue weighted by molar-refractivity contribution is 7.14. The zero-order chi connectivity index (χ0) is 19.2. The SMILES string of the molecule is CC(C)CN1CCO[C@@H](CNC(=O)COC(=O)c2cc3c(s2)CCCC3)C1. The number of ether oxygens (including phenoxy) is 2. The Morgan fingerprint density at radius 1 is 1.37 bits per heavy atom. The summed E-state index contributed by atoms with van der Waals surface area (Å²) in [4.78, 5) is 28.5. The van der Waals surface area contributed by atoms with Crippen molar-refractivity contribution in [3.05, 3.63) is 21.4 Å². The van der Waals surface area contributed by atoms with Gasteiger partial charge >= 0.3 is 5.97 Å². The van der Waals surface area contributed by atoms with Gasteiger partial charge in [-0.3, -0.25) is 9.69 Å². The summed E-state index contributed by atoms with van der Waals surface area (Å²) in [5.41, 5.74) is 1.27. The van der Waals surface area contributed by atoms with Crippen molar-refractivity contribution in [1.29, 1.82) is 0 Å². The van der Waals surface area contributed by atoms with Gasteiger partial charge in [0.25, 0.3) is 5.91 Å². The van der Waals surface area contributed by atoms with Crippen LogP contribution in [0.1, 0.15) is 46.8 Å². The number of morpholine rings is 1. The molecule has 1 aliphatic carbocycles. The van der Waals surface area contributed by atoms with Gasteiger partial charge in [0, 0.05) is 31.1 Å². The maximum absolute atomic E-state index is 12.2. The molecule has 1 fully saturated rings. The number of aryl methyl sites for hydroxylation is 2. The van der Waals surface area contributed by atoms with Gasteiger partial charge in [0.2, 0.25) is 0 Å². The van der Waals surface area contributed by atoms with Crippen LogP contribution in [0, 0.1) is 5.92 Å². The van der Waals surface area contributed by atoms with Gasteiger partial charge in [-0.05, 0) is 43.2 Å². The highest BCUT2D eigenvalue weighted by Gasteiger charge is 2.22. The molecule has 0 spiro atoms. The van der Waals surface area contributed by atoms with Gasteiger partial charge in [-0.2, -0.15) is 0 Å². The summed E-state index contributed by atoms with van der Waals surface area (Å²) in [7, 11) is 0.